The lowest BCUT2D eigenvalue weighted by atomic mass is 10.1. The second-order valence-corrected chi connectivity index (χ2v) is 10.7. The molecule has 154 valence electrons. The number of nitrogens with one attached hydrogen (secondary N) is 1. The maximum absolute atomic E-state index is 12.9. The molecule has 0 radical (unpaired) electrons. The van der Waals surface area contributed by atoms with Gasteiger partial charge >= 0.3 is 5.97 Å². The zero-order valence-corrected chi connectivity index (χ0v) is 19.0. The second kappa shape index (κ2) is 8.61. The first kappa shape index (κ1) is 22.0. The molecule has 0 aliphatic heterocycles. The highest BCUT2D eigenvalue weighted by Crippen LogP contribution is 2.37. The standard InChI is InChI=1S/C19H19ClN2O4S3/c1-10(2)16(19(23)24)22-29(25,26)13-8-14(27-3)17-15(9-13)28-18(21-17)11-4-6-12(20)7-5-11/h4-10,16,22H,1-3H3,(H,23,24)/t16-/m1/s1. The zero-order valence-electron chi connectivity index (χ0n) is 15.8. The number of carboxylic acids is 1. The fraction of sp³-hybridized carbons (Fsp3) is 0.263. The first-order valence-corrected chi connectivity index (χ1v) is 12.5. The van der Waals surface area contributed by atoms with E-state index in [0.717, 1.165) is 10.6 Å². The van der Waals surface area contributed by atoms with Gasteiger partial charge in [-0.25, -0.2) is 13.4 Å². The quantitative estimate of drug-likeness (QED) is 0.485. The molecule has 0 amide bonds. The van der Waals surface area contributed by atoms with Crippen LogP contribution in [0.2, 0.25) is 5.02 Å². The van der Waals surface area contributed by atoms with Gasteiger partial charge < -0.3 is 5.11 Å². The van der Waals surface area contributed by atoms with Crippen LogP contribution in [0.4, 0.5) is 0 Å². The Balaban J connectivity index is 2.07. The molecule has 0 saturated heterocycles. The van der Waals surface area contributed by atoms with Gasteiger partial charge in [-0.1, -0.05) is 37.6 Å². The molecule has 3 rings (SSSR count). The highest BCUT2D eigenvalue weighted by atomic mass is 35.5. The second-order valence-electron chi connectivity index (χ2n) is 6.68. The SMILES string of the molecule is CSc1cc(S(=O)(=O)N[C@@H](C(=O)O)C(C)C)cc2sc(-c3ccc(Cl)cc3)nc12. The number of nitrogens with zero attached hydrogens (tertiary/aromatic N) is 1. The number of hydrogen-bond acceptors (Lipinski definition) is 6. The number of aromatic nitrogens is 1. The third kappa shape index (κ3) is 4.75. The molecule has 0 aliphatic rings. The lowest BCUT2D eigenvalue weighted by Crippen LogP contribution is -2.44. The Kier molecular flexibility index (Phi) is 6.54. The van der Waals surface area contributed by atoms with Crippen LogP contribution >= 0.6 is 34.7 Å². The monoisotopic (exact) mass is 470 g/mol. The smallest absolute Gasteiger partial charge is 0.322 e. The van der Waals surface area contributed by atoms with Crippen molar-refractivity contribution < 1.29 is 18.3 Å². The van der Waals surface area contributed by atoms with E-state index in [4.69, 9.17) is 11.6 Å². The molecule has 0 aliphatic carbocycles. The van der Waals surface area contributed by atoms with E-state index >= 15 is 0 Å². The van der Waals surface area contributed by atoms with Crippen molar-refractivity contribution in [1.29, 1.82) is 0 Å². The summed E-state index contributed by atoms with van der Waals surface area (Å²) in [6.07, 6.45) is 1.84. The van der Waals surface area contributed by atoms with Crippen molar-refractivity contribution in [2.75, 3.05) is 6.26 Å². The third-order valence-electron chi connectivity index (χ3n) is 4.27. The number of halogens is 1. The summed E-state index contributed by atoms with van der Waals surface area (Å²) in [5.41, 5.74) is 1.60. The van der Waals surface area contributed by atoms with Crippen LogP contribution in [0.1, 0.15) is 13.8 Å². The third-order valence-corrected chi connectivity index (χ3v) is 7.74. The van der Waals surface area contributed by atoms with Crippen molar-refractivity contribution in [3.63, 3.8) is 0 Å². The van der Waals surface area contributed by atoms with Crippen LogP contribution in [0.15, 0.2) is 46.2 Å². The number of benzene rings is 2. The Labute approximate surface area is 182 Å². The molecule has 29 heavy (non-hydrogen) atoms. The van der Waals surface area contributed by atoms with Crippen LogP contribution in [0, 0.1) is 5.92 Å². The number of hydrogen-bond donors (Lipinski definition) is 2. The van der Waals surface area contributed by atoms with Gasteiger partial charge in [0.05, 0.1) is 15.1 Å². The van der Waals surface area contributed by atoms with Crippen LogP contribution in [0.3, 0.4) is 0 Å². The summed E-state index contributed by atoms with van der Waals surface area (Å²) in [4.78, 5) is 16.8. The molecule has 0 fully saturated rings. The van der Waals surface area contributed by atoms with Gasteiger partial charge in [0.2, 0.25) is 10.0 Å². The molecule has 1 heterocycles. The number of aliphatic carboxylic acids is 1. The number of thioether (sulfide) groups is 1. The summed E-state index contributed by atoms with van der Waals surface area (Å²) in [5, 5.41) is 10.7. The van der Waals surface area contributed by atoms with Crippen molar-refractivity contribution in [2.24, 2.45) is 5.92 Å². The molecule has 2 aromatic carbocycles. The summed E-state index contributed by atoms with van der Waals surface area (Å²) in [6.45, 7) is 3.30. The van der Waals surface area contributed by atoms with Crippen LogP contribution in [0.25, 0.3) is 20.8 Å². The van der Waals surface area contributed by atoms with Gasteiger partial charge in [0.1, 0.15) is 11.0 Å². The maximum atomic E-state index is 12.9. The molecule has 3 aromatic rings. The lowest BCUT2D eigenvalue weighted by Gasteiger charge is -2.18. The average molecular weight is 471 g/mol. The van der Waals surface area contributed by atoms with Gasteiger partial charge in [0.25, 0.3) is 0 Å². The molecule has 1 atom stereocenters. The lowest BCUT2D eigenvalue weighted by molar-refractivity contribution is -0.140. The maximum Gasteiger partial charge on any atom is 0.322 e. The van der Waals surface area contributed by atoms with Crippen molar-refractivity contribution in [3.05, 3.63) is 41.4 Å². The Morgan fingerprint density at radius 1 is 1.24 bits per heavy atom. The Hall–Kier alpha value is -1.65. The number of carboxylic acid groups (broad SMARTS) is 1. The van der Waals surface area contributed by atoms with Crippen LogP contribution < -0.4 is 4.72 Å². The fourth-order valence-corrected chi connectivity index (χ4v) is 6.07. The van der Waals surface area contributed by atoms with Crippen molar-refractivity contribution in [3.8, 4) is 10.6 Å². The number of thiazole rings is 1. The molecule has 0 unspecified atom stereocenters. The molecule has 0 spiro atoms. The van der Waals surface area contributed by atoms with E-state index < -0.39 is 28.0 Å². The van der Waals surface area contributed by atoms with E-state index in [1.165, 1.54) is 35.2 Å². The average Bonchev–Trinajstić information content (AvgIpc) is 3.09. The van der Waals surface area contributed by atoms with E-state index in [-0.39, 0.29) is 4.90 Å². The molecular weight excluding hydrogens is 452 g/mol. The Morgan fingerprint density at radius 2 is 1.90 bits per heavy atom. The summed E-state index contributed by atoms with van der Waals surface area (Å²) in [6, 6.07) is 9.12. The summed E-state index contributed by atoms with van der Waals surface area (Å²) >= 11 is 8.70. The first-order valence-electron chi connectivity index (χ1n) is 8.62. The predicted molar refractivity (Wildman–Crippen MR) is 118 cm³/mol. The predicted octanol–water partition coefficient (Wildman–Crippen LogP) is 4.73. The van der Waals surface area contributed by atoms with Gasteiger partial charge in [0, 0.05) is 15.5 Å². The molecule has 1 aromatic heterocycles. The first-order chi connectivity index (χ1) is 13.6. The van der Waals surface area contributed by atoms with E-state index in [2.05, 4.69) is 9.71 Å². The van der Waals surface area contributed by atoms with E-state index in [1.54, 1.807) is 26.0 Å². The van der Waals surface area contributed by atoms with Crippen molar-refractivity contribution >= 4 is 60.9 Å². The summed E-state index contributed by atoms with van der Waals surface area (Å²) in [7, 11) is -4.02. The Morgan fingerprint density at radius 3 is 2.45 bits per heavy atom. The number of sulfonamides is 1. The van der Waals surface area contributed by atoms with Crippen molar-refractivity contribution in [1.82, 2.24) is 9.71 Å². The van der Waals surface area contributed by atoms with Crippen LogP contribution in [0.5, 0.6) is 0 Å². The van der Waals surface area contributed by atoms with Gasteiger partial charge in [-0.2, -0.15) is 4.72 Å². The number of rotatable bonds is 7. The highest BCUT2D eigenvalue weighted by molar-refractivity contribution is 7.98. The molecular formula is C19H19ClN2O4S3. The molecule has 0 saturated carbocycles. The van der Waals surface area contributed by atoms with Crippen LogP contribution in [-0.2, 0) is 14.8 Å². The van der Waals surface area contributed by atoms with Gasteiger partial charge in [-0.05, 0) is 36.4 Å². The zero-order chi connectivity index (χ0) is 21.3. The van der Waals surface area contributed by atoms with E-state index in [0.29, 0.717) is 20.1 Å². The normalized spacial score (nSPS) is 13.1. The largest absolute Gasteiger partial charge is 0.480 e. The van der Waals surface area contributed by atoms with Gasteiger partial charge in [-0.15, -0.1) is 23.1 Å². The van der Waals surface area contributed by atoms with Gasteiger partial charge in [0.15, 0.2) is 0 Å². The summed E-state index contributed by atoms with van der Waals surface area (Å²) in [5.74, 6) is -1.61. The minimum atomic E-state index is -4.02. The minimum absolute atomic E-state index is 0.0209. The minimum Gasteiger partial charge on any atom is -0.480 e. The fourth-order valence-electron chi connectivity index (χ4n) is 2.71. The highest BCUT2D eigenvalue weighted by Gasteiger charge is 2.29. The summed E-state index contributed by atoms with van der Waals surface area (Å²) < 4.78 is 28.7. The number of carbonyl (C=O) groups is 1. The molecule has 10 heteroatoms. The Bertz CT molecular complexity index is 1160. The van der Waals surface area contributed by atoms with E-state index in [9.17, 15) is 18.3 Å². The number of fused-ring (bicyclic) bond motifs is 1. The van der Waals surface area contributed by atoms with Crippen LogP contribution in [-0.4, -0.2) is 36.8 Å². The molecule has 0 bridgehead atoms. The van der Waals surface area contributed by atoms with Crippen molar-refractivity contribution in [2.45, 2.75) is 29.7 Å². The molecule has 2 N–H and O–H groups in total. The topological polar surface area (TPSA) is 96.4 Å². The van der Waals surface area contributed by atoms with E-state index in [1.807, 2.05) is 18.4 Å². The molecule has 6 nitrogen and oxygen atoms in total. The van der Waals surface area contributed by atoms with Gasteiger partial charge in [-0.3, -0.25) is 4.79 Å².